The first-order valence-corrected chi connectivity index (χ1v) is 5.76. The van der Waals surface area contributed by atoms with Gasteiger partial charge in [-0.2, -0.15) is 5.10 Å². The van der Waals surface area contributed by atoms with Gasteiger partial charge in [-0.1, -0.05) is 28.1 Å². The molecular weight excluding hydrogens is 324 g/mol. The molecule has 1 aromatic heterocycles. The summed E-state index contributed by atoms with van der Waals surface area (Å²) in [6.45, 7) is 0. The number of H-pyrrole nitrogens is 1. The van der Waals surface area contributed by atoms with Crippen LogP contribution in [0.1, 0.15) is 0 Å². The van der Waals surface area contributed by atoms with E-state index < -0.39 is 0 Å². The van der Waals surface area contributed by atoms with E-state index >= 15 is 0 Å². The topological polar surface area (TPSA) is 45.8 Å². The van der Waals surface area contributed by atoms with Crippen molar-refractivity contribution in [1.29, 1.82) is 0 Å². The third-order valence-corrected chi connectivity index (χ3v) is 3.02. The van der Waals surface area contributed by atoms with Gasteiger partial charge in [0.25, 0.3) is 5.56 Å². The summed E-state index contributed by atoms with van der Waals surface area (Å²) in [7, 11) is 0. The average molecular weight is 330 g/mol. The molecule has 0 amide bonds. The molecule has 0 fully saturated rings. The number of aromatic amines is 1. The molecule has 1 aromatic carbocycles. The highest BCUT2D eigenvalue weighted by Crippen LogP contribution is 2.20. The first kappa shape index (κ1) is 10.6. The van der Waals surface area contributed by atoms with Crippen molar-refractivity contribution in [2.75, 3.05) is 0 Å². The summed E-state index contributed by atoms with van der Waals surface area (Å²) in [6, 6.07) is 9.41. The molecule has 15 heavy (non-hydrogen) atoms. The van der Waals surface area contributed by atoms with Crippen LogP contribution in [0, 0.1) is 0 Å². The van der Waals surface area contributed by atoms with E-state index in [2.05, 4.69) is 42.1 Å². The molecule has 76 valence electrons. The van der Waals surface area contributed by atoms with Gasteiger partial charge in [-0.05, 0) is 34.1 Å². The maximum atomic E-state index is 11.1. The predicted octanol–water partition coefficient (Wildman–Crippen LogP) is 2.96. The lowest BCUT2D eigenvalue weighted by atomic mass is 10.1. The van der Waals surface area contributed by atoms with E-state index in [0.29, 0.717) is 4.47 Å². The fraction of sp³-hybridized carbons (Fsp3) is 0. The summed E-state index contributed by atoms with van der Waals surface area (Å²) in [5.74, 6) is 0. The van der Waals surface area contributed by atoms with E-state index in [-0.39, 0.29) is 5.56 Å². The van der Waals surface area contributed by atoms with Crippen molar-refractivity contribution < 1.29 is 0 Å². The summed E-state index contributed by atoms with van der Waals surface area (Å²) < 4.78 is 1.49. The van der Waals surface area contributed by atoms with Crippen LogP contribution in [0.2, 0.25) is 0 Å². The van der Waals surface area contributed by atoms with Crippen LogP contribution in [0.25, 0.3) is 11.3 Å². The van der Waals surface area contributed by atoms with Crippen LogP contribution in [0.5, 0.6) is 0 Å². The van der Waals surface area contributed by atoms with Crippen LogP contribution in [0.4, 0.5) is 0 Å². The van der Waals surface area contributed by atoms with Gasteiger partial charge < -0.3 is 0 Å². The van der Waals surface area contributed by atoms with Gasteiger partial charge >= 0.3 is 0 Å². The van der Waals surface area contributed by atoms with Gasteiger partial charge in [0.05, 0.1) is 10.2 Å². The predicted molar refractivity (Wildman–Crippen MR) is 65.7 cm³/mol. The number of aromatic nitrogens is 2. The Morgan fingerprint density at radius 3 is 2.40 bits per heavy atom. The van der Waals surface area contributed by atoms with Crippen molar-refractivity contribution in [2.45, 2.75) is 0 Å². The molecule has 0 aliphatic carbocycles. The second-order valence-corrected chi connectivity index (χ2v) is 4.71. The Morgan fingerprint density at radius 2 is 1.80 bits per heavy atom. The van der Waals surface area contributed by atoms with Crippen LogP contribution in [-0.4, -0.2) is 10.2 Å². The summed E-state index contributed by atoms with van der Waals surface area (Å²) in [4.78, 5) is 11.1. The third kappa shape index (κ3) is 2.35. The fourth-order valence-corrected chi connectivity index (χ4v) is 1.72. The fourth-order valence-electron chi connectivity index (χ4n) is 1.15. The third-order valence-electron chi connectivity index (χ3n) is 1.90. The Kier molecular flexibility index (Phi) is 3.02. The quantitative estimate of drug-likeness (QED) is 0.874. The zero-order chi connectivity index (χ0) is 10.8. The maximum Gasteiger partial charge on any atom is 0.278 e. The van der Waals surface area contributed by atoms with Crippen LogP contribution in [0.15, 0.2) is 44.1 Å². The molecule has 1 N–H and O–H groups in total. The molecule has 0 saturated heterocycles. The van der Waals surface area contributed by atoms with E-state index in [1.54, 1.807) is 6.07 Å². The van der Waals surface area contributed by atoms with Crippen molar-refractivity contribution in [1.82, 2.24) is 10.2 Å². The van der Waals surface area contributed by atoms with Gasteiger partial charge in [-0.25, -0.2) is 5.10 Å². The lowest BCUT2D eigenvalue weighted by Gasteiger charge is -2.00. The zero-order valence-electron chi connectivity index (χ0n) is 7.50. The lowest BCUT2D eigenvalue weighted by Crippen LogP contribution is -2.08. The minimum Gasteiger partial charge on any atom is -0.267 e. The molecule has 2 aromatic rings. The summed E-state index contributed by atoms with van der Waals surface area (Å²) in [6.07, 6.45) is 0. The number of hydrogen-bond donors (Lipinski definition) is 1. The van der Waals surface area contributed by atoms with Gasteiger partial charge in [0.2, 0.25) is 0 Å². The molecule has 0 aliphatic heterocycles. The van der Waals surface area contributed by atoms with Crippen LogP contribution in [0.3, 0.4) is 0 Å². The Labute approximate surface area is 103 Å². The summed E-state index contributed by atoms with van der Waals surface area (Å²) >= 11 is 6.52. The first-order chi connectivity index (χ1) is 7.16. The van der Waals surface area contributed by atoms with E-state index in [1.165, 1.54) is 0 Å². The Bertz CT molecular complexity index is 534. The van der Waals surface area contributed by atoms with Crippen molar-refractivity contribution in [2.24, 2.45) is 0 Å². The van der Waals surface area contributed by atoms with Crippen molar-refractivity contribution in [3.8, 4) is 11.3 Å². The molecule has 0 atom stereocenters. The highest BCUT2D eigenvalue weighted by atomic mass is 79.9. The molecule has 3 nitrogen and oxygen atoms in total. The van der Waals surface area contributed by atoms with Crippen LogP contribution < -0.4 is 5.56 Å². The number of benzene rings is 1. The second-order valence-electron chi connectivity index (χ2n) is 2.94. The SMILES string of the molecule is O=c1[nH]nc(-c2ccc(Br)cc2)cc1Br. The molecule has 0 bridgehead atoms. The number of rotatable bonds is 1. The molecule has 5 heteroatoms. The van der Waals surface area contributed by atoms with E-state index in [0.717, 1.165) is 15.7 Å². The maximum absolute atomic E-state index is 11.1. The van der Waals surface area contributed by atoms with Gasteiger partial charge in [-0.15, -0.1) is 0 Å². The zero-order valence-corrected chi connectivity index (χ0v) is 10.7. The molecule has 0 aliphatic rings. The van der Waals surface area contributed by atoms with Crippen LogP contribution in [-0.2, 0) is 0 Å². The molecule has 0 unspecified atom stereocenters. The highest BCUT2D eigenvalue weighted by Gasteiger charge is 2.02. The summed E-state index contributed by atoms with van der Waals surface area (Å²) in [5.41, 5.74) is 1.46. The molecule has 1 heterocycles. The van der Waals surface area contributed by atoms with E-state index in [9.17, 15) is 4.79 Å². The largest absolute Gasteiger partial charge is 0.278 e. The number of hydrogen-bond acceptors (Lipinski definition) is 2. The number of nitrogens with one attached hydrogen (secondary N) is 1. The molecular formula is C10H6Br2N2O. The second kappa shape index (κ2) is 4.28. The molecule has 2 rings (SSSR count). The minimum atomic E-state index is -0.226. The summed E-state index contributed by atoms with van der Waals surface area (Å²) in [5, 5.41) is 6.37. The minimum absolute atomic E-state index is 0.226. The molecule has 0 radical (unpaired) electrons. The lowest BCUT2D eigenvalue weighted by molar-refractivity contribution is 0.985. The molecule has 0 saturated carbocycles. The van der Waals surface area contributed by atoms with Crippen molar-refractivity contribution in [3.05, 3.63) is 49.6 Å². The van der Waals surface area contributed by atoms with Crippen LogP contribution >= 0.6 is 31.9 Å². The average Bonchev–Trinajstić information content (AvgIpc) is 2.23. The Morgan fingerprint density at radius 1 is 1.13 bits per heavy atom. The number of halogens is 2. The highest BCUT2D eigenvalue weighted by molar-refractivity contribution is 9.10. The number of nitrogens with zero attached hydrogens (tertiary/aromatic N) is 1. The van der Waals surface area contributed by atoms with Gasteiger partial charge in [0, 0.05) is 10.0 Å². The standard InChI is InChI=1S/C10H6Br2N2O/c11-7-3-1-6(2-4-7)9-5-8(12)10(15)14-13-9/h1-5H,(H,14,15). The molecule has 0 spiro atoms. The Balaban J connectivity index is 2.50. The Hall–Kier alpha value is -0.940. The van der Waals surface area contributed by atoms with Gasteiger partial charge in [0.15, 0.2) is 0 Å². The monoisotopic (exact) mass is 328 g/mol. The van der Waals surface area contributed by atoms with Crippen molar-refractivity contribution >= 4 is 31.9 Å². The first-order valence-electron chi connectivity index (χ1n) is 4.18. The van der Waals surface area contributed by atoms with Gasteiger partial charge in [-0.3, -0.25) is 4.79 Å². The van der Waals surface area contributed by atoms with E-state index in [1.807, 2.05) is 24.3 Å². The normalized spacial score (nSPS) is 10.3. The van der Waals surface area contributed by atoms with Gasteiger partial charge in [0.1, 0.15) is 0 Å². The van der Waals surface area contributed by atoms with Crippen molar-refractivity contribution in [3.63, 3.8) is 0 Å². The van der Waals surface area contributed by atoms with E-state index in [4.69, 9.17) is 0 Å². The smallest absolute Gasteiger partial charge is 0.267 e.